The molecule has 1 aromatic heterocycles. The van der Waals surface area contributed by atoms with Gasteiger partial charge in [-0.05, 0) is 12.1 Å². The topological polar surface area (TPSA) is 87.3 Å². The number of carbonyl (C=O) groups excluding carboxylic acids is 1. The van der Waals surface area contributed by atoms with Crippen molar-refractivity contribution in [3.05, 3.63) is 65.0 Å². The first-order valence-corrected chi connectivity index (χ1v) is 11.4. The molecule has 0 aliphatic carbocycles. The summed E-state index contributed by atoms with van der Waals surface area (Å²) in [6.45, 7) is 0.275. The van der Waals surface area contributed by atoms with Crippen molar-refractivity contribution in [2.75, 3.05) is 5.75 Å². The predicted molar refractivity (Wildman–Crippen MR) is 110 cm³/mol. The monoisotopic (exact) mass is 449 g/mol. The van der Waals surface area contributed by atoms with Crippen molar-refractivity contribution in [3.63, 3.8) is 0 Å². The Morgan fingerprint density at radius 2 is 1.97 bits per heavy atom. The van der Waals surface area contributed by atoms with Gasteiger partial charge in [0.2, 0.25) is 12.2 Å². The molecule has 150 valence electrons. The van der Waals surface area contributed by atoms with Crippen molar-refractivity contribution in [3.8, 4) is 5.75 Å². The number of ether oxygens (including phenoxy) is 2. The van der Waals surface area contributed by atoms with Crippen LogP contribution in [-0.2, 0) is 21.9 Å². The van der Waals surface area contributed by atoms with Crippen molar-refractivity contribution in [1.82, 2.24) is 10.2 Å². The molecule has 10 heteroatoms. The first kappa shape index (κ1) is 20.1. The van der Waals surface area contributed by atoms with E-state index in [9.17, 15) is 9.18 Å². The lowest BCUT2D eigenvalue weighted by Gasteiger charge is -2.28. The predicted octanol–water partition coefficient (Wildman–Crippen LogP) is 4.15. The molecule has 1 aliphatic heterocycles. The number of hydrogen-bond donors (Lipinski definition) is 1. The molecule has 0 radical (unpaired) electrons. The summed E-state index contributed by atoms with van der Waals surface area (Å²) in [6.07, 6.45) is -0.531. The van der Waals surface area contributed by atoms with Gasteiger partial charge in [0, 0.05) is 22.4 Å². The molecule has 0 bridgehead atoms. The number of fused-ring (bicyclic) bond motifs is 1. The van der Waals surface area contributed by atoms with E-state index in [1.807, 2.05) is 30.3 Å². The SMILES string of the molecule is NC(=O)CSc1nnc(SCc2cc(F)cc3c2OC(c2ccccc2)OC3)s1. The summed E-state index contributed by atoms with van der Waals surface area (Å²) in [5.41, 5.74) is 7.47. The molecule has 0 saturated carbocycles. The number of hydrogen-bond acceptors (Lipinski definition) is 8. The fourth-order valence-corrected chi connectivity index (χ4v) is 5.47. The lowest BCUT2D eigenvalue weighted by Crippen LogP contribution is -2.19. The Morgan fingerprint density at radius 3 is 2.72 bits per heavy atom. The van der Waals surface area contributed by atoms with Gasteiger partial charge in [0.15, 0.2) is 8.68 Å². The van der Waals surface area contributed by atoms with Crippen LogP contribution in [0.3, 0.4) is 0 Å². The van der Waals surface area contributed by atoms with Gasteiger partial charge in [-0.15, -0.1) is 10.2 Å². The number of benzene rings is 2. The maximum absolute atomic E-state index is 14.1. The van der Waals surface area contributed by atoms with E-state index in [-0.39, 0.29) is 18.2 Å². The maximum atomic E-state index is 14.1. The van der Waals surface area contributed by atoms with Gasteiger partial charge in [-0.3, -0.25) is 4.79 Å². The minimum Gasteiger partial charge on any atom is -0.460 e. The van der Waals surface area contributed by atoms with Crippen LogP contribution in [0.25, 0.3) is 0 Å². The summed E-state index contributed by atoms with van der Waals surface area (Å²) in [7, 11) is 0. The van der Waals surface area contributed by atoms with Gasteiger partial charge in [-0.2, -0.15) is 0 Å². The van der Waals surface area contributed by atoms with Crippen molar-refractivity contribution in [2.24, 2.45) is 5.73 Å². The average Bonchev–Trinajstić information content (AvgIpc) is 3.18. The van der Waals surface area contributed by atoms with Crippen LogP contribution in [0, 0.1) is 5.82 Å². The third kappa shape index (κ3) is 5.08. The van der Waals surface area contributed by atoms with Crippen molar-refractivity contribution >= 4 is 40.8 Å². The summed E-state index contributed by atoms with van der Waals surface area (Å²) in [5.74, 6) is 0.534. The standard InChI is InChI=1S/C19H16FN3O3S3/c20-14-6-12-8-25-17(11-4-2-1-3-5-11)26-16(12)13(7-14)9-27-18-22-23-19(29-18)28-10-15(21)24/h1-7,17H,8-10H2,(H2,21,24). The van der Waals surface area contributed by atoms with E-state index in [0.29, 0.717) is 21.4 Å². The average molecular weight is 450 g/mol. The Labute approximate surface area is 179 Å². The first-order chi connectivity index (χ1) is 14.1. The van der Waals surface area contributed by atoms with Crippen LogP contribution in [0.5, 0.6) is 5.75 Å². The van der Waals surface area contributed by atoms with E-state index >= 15 is 0 Å². The Bertz CT molecular complexity index is 1020. The number of aromatic nitrogens is 2. The molecule has 0 fully saturated rings. The molecule has 6 nitrogen and oxygen atoms in total. The zero-order chi connectivity index (χ0) is 20.2. The van der Waals surface area contributed by atoms with Gasteiger partial charge < -0.3 is 15.2 Å². The molecule has 1 amide bonds. The van der Waals surface area contributed by atoms with Crippen LogP contribution in [-0.4, -0.2) is 21.9 Å². The third-order valence-electron chi connectivity index (χ3n) is 3.97. The number of primary amides is 1. The van der Waals surface area contributed by atoms with Crippen LogP contribution in [0.1, 0.15) is 23.0 Å². The maximum Gasteiger partial charge on any atom is 0.227 e. The van der Waals surface area contributed by atoms with E-state index in [2.05, 4.69) is 10.2 Å². The largest absolute Gasteiger partial charge is 0.460 e. The quantitative estimate of drug-likeness (QED) is 0.542. The number of halogens is 1. The molecule has 1 unspecified atom stereocenters. The highest BCUT2D eigenvalue weighted by atomic mass is 32.2. The lowest BCUT2D eigenvalue weighted by molar-refractivity contribution is -0.115. The zero-order valence-corrected chi connectivity index (χ0v) is 17.5. The minimum absolute atomic E-state index is 0.158. The molecule has 0 saturated heterocycles. The van der Waals surface area contributed by atoms with Gasteiger partial charge >= 0.3 is 0 Å². The first-order valence-electron chi connectivity index (χ1n) is 8.60. The van der Waals surface area contributed by atoms with Gasteiger partial charge in [0.25, 0.3) is 0 Å². The zero-order valence-electron chi connectivity index (χ0n) is 15.0. The van der Waals surface area contributed by atoms with Crippen molar-refractivity contribution < 1.29 is 18.7 Å². The number of nitrogens with zero attached hydrogens (tertiary/aromatic N) is 2. The van der Waals surface area contributed by atoms with Crippen LogP contribution < -0.4 is 10.5 Å². The van der Waals surface area contributed by atoms with Crippen LogP contribution in [0.15, 0.2) is 51.1 Å². The fraction of sp³-hybridized carbons (Fsp3) is 0.211. The summed E-state index contributed by atoms with van der Waals surface area (Å²) in [5, 5.41) is 8.14. The number of rotatable bonds is 7. The van der Waals surface area contributed by atoms with Crippen molar-refractivity contribution in [1.29, 1.82) is 0 Å². The Balaban J connectivity index is 1.48. The Kier molecular flexibility index (Phi) is 6.34. The normalized spacial score (nSPS) is 15.6. The lowest BCUT2D eigenvalue weighted by atomic mass is 10.1. The molecule has 2 heterocycles. The van der Waals surface area contributed by atoms with Crippen molar-refractivity contribution in [2.45, 2.75) is 27.3 Å². The molecule has 2 N–H and O–H groups in total. The highest BCUT2D eigenvalue weighted by Crippen LogP contribution is 2.39. The molecule has 2 aromatic carbocycles. The second-order valence-electron chi connectivity index (χ2n) is 6.10. The number of amides is 1. The summed E-state index contributed by atoms with van der Waals surface area (Å²) in [6, 6.07) is 12.5. The Morgan fingerprint density at radius 1 is 1.21 bits per heavy atom. The number of carbonyl (C=O) groups is 1. The van der Waals surface area contributed by atoms with Crippen LogP contribution in [0.2, 0.25) is 0 Å². The molecule has 4 rings (SSSR count). The van der Waals surface area contributed by atoms with E-state index in [4.69, 9.17) is 15.2 Å². The summed E-state index contributed by atoms with van der Waals surface area (Å²) < 4.78 is 27.3. The molecule has 0 spiro atoms. The van der Waals surface area contributed by atoms with E-state index in [1.54, 1.807) is 0 Å². The fourth-order valence-electron chi connectivity index (χ4n) is 2.74. The van der Waals surface area contributed by atoms with Crippen LogP contribution >= 0.6 is 34.9 Å². The van der Waals surface area contributed by atoms with E-state index in [1.165, 1.54) is 47.0 Å². The van der Waals surface area contributed by atoms with E-state index in [0.717, 1.165) is 15.5 Å². The van der Waals surface area contributed by atoms with Gasteiger partial charge in [-0.1, -0.05) is 65.2 Å². The smallest absolute Gasteiger partial charge is 0.227 e. The number of nitrogens with two attached hydrogens (primary N) is 1. The molecule has 1 aliphatic rings. The van der Waals surface area contributed by atoms with Crippen LogP contribution in [0.4, 0.5) is 4.39 Å². The molecule has 29 heavy (non-hydrogen) atoms. The molecule has 3 aromatic rings. The van der Waals surface area contributed by atoms with Gasteiger partial charge in [0.05, 0.1) is 12.4 Å². The second-order valence-corrected chi connectivity index (χ2v) is 9.52. The number of thioether (sulfide) groups is 2. The Hall–Kier alpha value is -2.14. The molecular weight excluding hydrogens is 433 g/mol. The highest BCUT2D eigenvalue weighted by molar-refractivity contribution is 8.03. The summed E-state index contributed by atoms with van der Waals surface area (Å²) >= 11 is 4.05. The van der Waals surface area contributed by atoms with Gasteiger partial charge in [-0.25, -0.2) is 4.39 Å². The molecular formula is C19H16FN3O3S3. The second kappa shape index (κ2) is 9.12. The minimum atomic E-state index is -0.531. The summed E-state index contributed by atoms with van der Waals surface area (Å²) in [4.78, 5) is 10.9. The van der Waals surface area contributed by atoms with Gasteiger partial charge in [0.1, 0.15) is 11.6 Å². The van der Waals surface area contributed by atoms with E-state index < -0.39 is 12.2 Å². The highest BCUT2D eigenvalue weighted by Gasteiger charge is 2.25. The molecule has 1 atom stereocenters. The third-order valence-corrected chi connectivity index (χ3v) is 7.23.